The fourth-order valence-electron chi connectivity index (χ4n) is 10.9. The van der Waals surface area contributed by atoms with Crippen LogP contribution in [-0.4, -0.2) is 37.0 Å². The number of aromatic nitrogens is 2. The normalized spacial score (nSPS) is 13.1. The zero-order valence-electron chi connectivity index (χ0n) is 41.1. The van der Waals surface area contributed by atoms with Gasteiger partial charge in [0.2, 0.25) is 0 Å². The number of carbonyl (C=O) groups excluding carboxylic acids is 1. The molecule has 0 bridgehead atoms. The summed E-state index contributed by atoms with van der Waals surface area (Å²) in [6.45, 7) is 43.3. The molecule has 0 saturated carbocycles. The molecule has 0 spiro atoms. The van der Waals surface area contributed by atoms with Crippen LogP contribution in [0.25, 0.3) is 32.2 Å². The van der Waals surface area contributed by atoms with Gasteiger partial charge in [-0.15, -0.1) is 40.1 Å². The van der Waals surface area contributed by atoms with Gasteiger partial charge in [-0.1, -0.05) is 177 Å². The molecule has 4 aromatic rings. The van der Waals surface area contributed by atoms with Crippen molar-refractivity contribution in [2.24, 2.45) is 59.2 Å². The molecule has 1 radical (unpaired) electrons. The number of allylic oxidation sites excluding steroid dienone is 2. The van der Waals surface area contributed by atoms with E-state index >= 15 is 0 Å². The van der Waals surface area contributed by atoms with Crippen molar-refractivity contribution in [2.45, 2.75) is 155 Å². The molecule has 0 aliphatic carbocycles. The Morgan fingerprint density at radius 1 is 0.733 bits per heavy atom. The minimum Gasteiger partial charge on any atom is -0.512 e. The summed E-state index contributed by atoms with van der Waals surface area (Å²) >= 11 is 2.04. The van der Waals surface area contributed by atoms with E-state index in [-0.39, 0.29) is 43.5 Å². The molecule has 0 aliphatic heterocycles. The minimum absolute atomic E-state index is 0. The van der Waals surface area contributed by atoms with Crippen LogP contribution in [0.4, 0.5) is 0 Å². The number of hydrogen-bond acceptors (Lipinski definition) is 5. The first kappa shape index (κ1) is 54.2. The van der Waals surface area contributed by atoms with E-state index in [0.717, 1.165) is 11.3 Å². The molecule has 0 unspecified atom stereocenters. The van der Waals surface area contributed by atoms with Crippen molar-refractivity contribution in [3.8, 4) is 11.3 Å². The Morgan fingerprint density at radius 2 is 1.22 bits per heavy atom. The number of nitrogens with zero attached hydrogens (tertiary/aromatic N) is 2. The van der Waals surface area contributed by atoms with E-state index in [1.807, 2.05) is 11.3 Å². The van der Waals surface area contributed by atoms with Gasteiger partial charge in [0.05, 0.1) is 19.3 Å². The fourth-order valence-corrected chi connectivity index (χ4v) is 24.2. The first-order valence-electron chi connectivity index (χ1n) is 23.0. The summed E-state index contributed by atoms with van der Waals surface area (Å²) < 4.78 is 2.94. The molecule has 1 N–H and O–H groups in total. The van der Waals surface area contributed by atoms with Crippen LogP contribution in [0, 0.1) is 72.2 Å². The Hall–Kier alpha value is -1.97. The number of carbonyl (C=O) groups is 1. The molecule has 0 saturated heterocycles. The monoisotopic (exact) mass is 1050 g/mol. The molecule has 0 fully saturated rings. The number of aryl methyl sites for hydroxylation is 1. The van der Waals surface area contributed by atoms with Gasteiger partial charge >= 0.3 is 0 Å². The molecule has 0 aliphatic rings. The van der Waals surface area contributed by atoms with Crippen LogP contribution >= 0.6 is 11.3 Å². The molecular formula is C52H83IrN2O2SSi2-. The van der Waals surface area contributed by atoms with E-state index in [1.54, 1.807) is 10.8 Å². The maximum atomic E-state index is 12.3. The molecule has 4 rings (SSSR count). The largest absolute Gasteiger partial charge is 0.512 e. The molecule has 337 valence electrons. The van der Waals surface area contributed by atoms with E-state index in [2.05, 4.69) is 167 Å². The summed E-state index contributed by atoms with van der Waals surface area (Å²) in [4.78, 5) is 22.3. The number of fused-ring (bicyclic) bond motifs is 2. The zero-order valence-corrected chi connectivity index (χ0v) is 46.3. The number of aliphatic hydroxyl groups is 1. The number of thiophene rings is 1. The summed E-state index contributed by atoms with van der Waals surface area (Å²) in [5.74, 6) is 4.41. The second kappa shape index (κ2) is 23.1. The number of aliphatic hydroxyl groups excluding tert-OH is 1. The third-order valence-corrected chi connectivity index (χ3v) is 24.6. The van der Waals surface area contributed by atoms with Gasteiger partial charge in [0.1, 0.15) is 14.4 Å². The SMILES string of the molecule is CC(C)C(C(=O)/C=C(\O)C(C(C)C)C(C)C)C(C)C.Cc1c([Si](CC(C)C)(CC(C)C)CC(C)C)sc2c(-c3[c-]c4ccccc4c([Si](C)(C)CC(C)C)c3)ncnc12.[Ir]. The van der Waals surface area contributed by atoms with Crippen molar-refractivity contribution in [1.29, 1.82) is 0 Å². The molecule has 2 aromatic carbocycles. The molecule has 60 heavy (non-hydrogen) atoms. The van der Waals surface area contributed by atoms with E-state index in [0.29, 0.717) is 47.3 Å². The number of ketones is 1. The predicted octanol–water partition coefficient (Wildman–Crippen LogP) is 14.7. The maximum Gasteiger partial charge on any atom is 0.162 e. The number of benzene rings is 2. The van der Waals surface area contributed by atoms with E-state index in [9.17, 15) is 9.90 Å². The van der Waals surface area contributed by atoms with Gasteiger partial charge in [-0.25, -0.2) is 4.98 Å². The predicted molar refractivity (Wildman–Crippen MR) is 267 cm³/mol. The van der Waals surface area contributed by atoms with Gasteiger partial charge in [-0.05, 0) is 64.3 Å². The summed E-state index contributed by atoms with van der Waals surface area (Å²) in [7, 11) is -3.45. The van der Waals surface area contributed by atoms with E-state index in [1.165, 1.54) is 62.0 Å². The molecule has 4 nitrogen and oxygen atoms in total. The topological polar surface area (TPSA) is 63.1 Å². The maximum absolute atomic E-state index is 12.3. The number of hydrogen-bond donors (Lipinski definition) is 1. The van der Waals surface area contributed by atoms with Crippen LogP contribution in [0.5, 0.6) is 0 Å². The van der Waals surface area contributed by atoms with Crippen LogP contribution in [0.15, 0.2) is 48.5 Å². The Balaban J connectivity index is 0.000000526. The number of rotatable bonds is 18. The van der Waals surface area contributed by atoms with Gasteiger partial charge in [-0.2, -0.15) is 0 Å². The van der Waals surface area contributed by atoms with Crippen molar-refractivity contribution >= 4 is 63.9 Å². The van der Waals surface area contributed by atoms with Gasteiger partial charge in [0.15, 0.2) is 5.78 Å². The Kier molecular flexibility index (Phi) is 20.9. The van der Waals surface area contributed by atoms with Gasteiger partial charge in [0.25, 0.3) is 0 Å². The summed E-state index contributed by atoms with van der Waals surface area (Å²) in [5.41, 5.74) is 4.81. The first-order chi connectivity index (χ1) is 27.3. The Morgan fingerprint density at radius 3 is 1.68 bits per heavy atom. The molecule has 0 amide bonds. The van der Waals surface area contributed by atoms with Crippen molar-refractivity contribution in [1.82, 2.24) is 9.97 Å². The third kappa shape index (κ3) is 13.8. The zero-order chi connectivity index (χ0) is 44.7. The molecular weight excluding hydrogens is 965 g/mol. The molecule has 0 atom stereocenters. The van der Waals surface area contributed by atoms with Crippen molar-refractivity contribution in [3.05, 3.63) is 60.1 Å². The Bertz CT molecular complexity index is 1970. The fraction of sp³-hybridized carbons (Fsp3) is 0.635. The van der Waals surface area contributed by atoms with Crippen LogP contribution in [0.1, 0.15) is 116 Å². The second-order valence-electron chi connectivity index (χ2n) is 21.7. The van der Waals surface area contributed by atoms with Gasteiger partial charge in [0, 0.05) is 48.4 Å². The van der Waals surface area contributed by atoms with Gasteiger partial charge in [-0.3, -0.25) is 9.78 Å². The van der Waals surface area contributed by atoms with Crippen molar-refractivity contribution in [2.75, 3.05) is 0 Å². The van der Waals surface area contributed by atoms with Crippen LogP contribution in [0.3, 0.4) is 0 Å². The van der Waals surface area contributed by atoms with E-state index in [4.69, 9.17) is 9.97 Å². The van der Waals surface area contributed by atoms with Crippen molar-refractivity contribution in [3.63, 3.8) is 0 Å². The molecule has 2 heterocycles. The van der Waals surface area contributed by atoms with Crippen LogP contribution < -0.4 is 9.69 Å². The van der Waals surface area contributed by atoms with Crippen molar-refractivity contribution < 1.29 is 30.0 Å². The van der Waals surface area contributed by atoms with Crippen LogP contribution in [0.2, 0.25) is 37.3 Å². The Labute approximate surface area is 387 Å². The molecule has 8 heteroatoms. The second-order valence-corrected chi connectivity index (χ2v) is 32.0. The summed E-state index contributed by atoms with van der Waals surface area (Å²) in [6, 6.07) is 20.4. The molecule has 2 aromatic heterocycles. The quantitative estimate of drug-likeness (QED) is 0.0467. The smallest absolute Gasteiger partial charge is 0.162 e. The van der Waals surface area contributed by atoms with Crippen LogP contribution in [-0.2, 0) is 24.9 Å². The van der Waals surface area contributed by atoms with E-state index < -0.39 is 16.1 Å². The standard InChI is InChI=1S/C35H51N2SSi2.C17H32O2.Ir/c1-23(2)18-39(10,11)31-17-29(16-28-14-12-13-15-30(28)31)33-34-32(36-22-37-33)27(9)35(38-34)40(19-24(3)4,20-25(5)6)21-26(7)8;1-10(2)16(11(3)4)14(18)9-15(19)17(12(5)6)13(7)8;/h12-15,17,22-26H,18-21H2,1-11H3;9-13,16-18H,1-8H3;/q-1;;/b;14-9-;. The average molecular weight is 1050 g/mol. The first-order valence-corrected chi connectivity index (χ1v) is 29.6. The minimum atomic E-state index is -1.77. The third-order valence-electron chi connectivity index (χ3n) is 12.1. The summed E-state index contributed by atoms with van der Waals surface area (Å²) in [5, 5.41) is 14.4. The average Bonchev–Trinajstić information content (AvgIpc) is 3.42. The summed E-state index contributed by atoms with van der Waals surface area (Å²) in [6.07, 6.45) is 3.28. The van der Waals surface area contributed by atoms with Gasteiger partial charge < -0.3 is 5.11 Å².